The van der Waals surface area contributed by atoms with Crippen LogP contribution in [0.15, 0.2) is 46.6 Å². The minimum absolute atomic E-state index is 0.105. The number of benzene rings is 2. The minimum Gasteiger partial charge on any atom is -0.497 e. The summed E-state index contributed by atoms with van der Waals surface area (Å²) in [6.45, 7) is 0. The number of hydrogen-bond acceptors (Lipinski definition) is 4. The summed E-state index contributed by atoms with van der Waals surface area (Å²) in [7, 11) is 2.91. The predicted molar refractivity (Wildman–Crippen MR) is 81.1 cm³/mol. The third kappa shape index (κ3) is 3.88. The molecule has 0 N–H and O–H groups in total. The predicted octanol–water partition coefficient (Wildman–Crippen LogP) is 3.44. The second kappa shape index (κ2) is 7.31. The third-order valence-electron chi connectivity index (χ3n) is 2.86. The van der Waals surface area contributed by atoms with E-state index in [1.807, 2.05) is 0 Å². The zero-order chi connectivity index (χ0) is 15.9. The van der Waals surface area contributed by atoms with E-state index in [2.05, 4.69) is 10.2 Å². The van der Waals surface area contributed by atoms with Crippen LogP contribution >= 0.6 is 0 Å². The first-order valence-electron chi connectivity index (χ1n) is 6.37. The molecule has 0 heterocycles. The third-order valence-corrected chi connectivity index (χ3v) is 2.86. The van der Waals surface area contributed by atoms with Gasteiger partial charge in [-0.3, -0.25) is 0 Å². The van der Waals surface area contributed by atoms with Crippen molar-refractivity contribution in [2.45, 2.75) is 0 Å². The summed E-state index contributed by atoms with van der Waals surface area (Å²) in [4.78, 5) is 0. The Morgan fingerprint density at radius 3 is 1.91 bits per heavy atom. The van der Waals surface area contributed by atoms with Gasteiger partial charge in [-0.25, -0.2) is 8.78 Å². The van der Waals surface area contributed by atoms with Gasteiger partial charge < -0.3 is 9.47 Å². The fourth-order valence-electron chi connectivity index (χ4n) is 1.68. The van der Waals surface area contributed by atoms with Crippen LogP contribution in [0.4, 0.5) is 8.78 Å². The van der Waals surface area contributed by atoms with Gasteiger partial charge in [0.15, 0.2) is 0 Å². The molecule has 0 saturated carbocycles. The van der Waals surface area contributed by atoms with Crippen molar-refractivity contribution < 1.29 is 18.3 Å². The molecule has 22 heavy (non-hydrogen) atoms. The lowest BCUT2D eigenvalue weighted by molar-refractivity contribution is 0.406. The number of rotatable bonds is 5. The van der Waals surface area contributed by atoms with Gasteiger partial charge in [-0.2, -0.15) is 10.2 Å². The van der Waals surface area contributed by atoms with Gasteiger partial charge in [0.1, 0.15) is 23.1 Å². The first-order valence-corrected chi connectivity index (χ1v) is 6.37. The molecular formula is C16H14F2N2O2. The van der Waals surface area contributed by atoms with Gasteiger partial charge in [0.2, 0.25) is 0 Å². The lowest BCUT2D eigenvalue weighted by Crippen LogP contribution is -1.96. The number of halogens is 2. The van der Waals surface area contributed by atoms with Gasteiger partial charge in [-0.1, -0.05) is 0 Å². The van der Waals surface area contributed by atoms with Gasteiger partial charge in [-0.05, 0) is 29.8 Å². The van der Waals surface area contributed by atoms with Crippen LogP contribution in [0.5, 0.6) is 11.5 Å². The first kappa shape index (κ1) is 15.6. The zero-order valence-corrected chi connectivity index (χ0v) is 12.1. The summed E-state index contributed by atoms with van der Waals surface area (Å²) >= 11 is 0. The molecule has 2 aromatic rings. The number of nitrogens with zero attached hydrogens (tertiary/aromatic N) is 2. The maximum Gasteiger partial charge on any atom is 0.138 e. The fourth-order valence-corrected chi connectivity index (χ4v) is 1.68. The Morgan fingerprint density at radius 1 is 0.818 bits per heavy atom. The van der Waals surface area contributed by atoms with E-state index in [1.165, 1.54) is 13.3 Å². The Bertz CT molecular complexity index is 675. The quantitative estimate of drug-likeness (QED) is 0.627. The van der Waals surface area contributed by atoms with E-state index in [4.69, 9.17) is 9.47 Å². The van der Waals surface area contributed by atoms with E-state index >= 15 is 0 Å². The van der Waals surface area contributed by atoms with Gasteiger partial charge in [0.05, 0.1) is 32.2 Å². The Kier molecular flexibility index (Phi) is 5.19. The van der Waals surface area contributed by atoms with Gasteiger partial charge >= 0.3 is 0 Å². The maximum absolute atomic E-state index is 13.7. The smallest absolute Gasteiger partial charge is 0.138 e. The van der Waals surface area contributed by atoms with E-state index in [0.717, 1.165) is 29.7 Å². The van der Waals surface area contributed by atoms with E-state index in [-0.39, 0.29) is 11.3 Å². The number of hydrogen-bond donors (Lipinski definition) is 0. The van der Waals surface area contributed by atoms with Crippen molar-refractivity contribution in [2.75, 3.05) is 14.2 Å². The molecule has 0 aromatic heterocycles. The summed E-state index contributed by atoms with van der Waals surface area (Å²) in [6.07, 6.45) is 2.49. The van der Waals surface area contributed by atoms with E-state index in [0.29, 0.717) is 0 Å². The zero-order valence-electron chi connectivity index (χ0n) is 12.1. The van der Waals surface area contributed by atoms with Crippen molar-refractivity contribution in [3.05, 3.63) is 59.2 Å². The van der Waals surface area contributed by atoms with E-state index in [1.54, 1.807) is 31.4 Å². The van der Waals surface area contributed by atoms with Crippen LogP contribution in [0.3, 0.4) is 0 Å². The SMILES string of the molecule is COc1ccc(/C=N/N=C/c2c(F)cc(OC)cc2F)cc1. The summed E-state index contributed by atoms with van der Waals surface area (Å²) in [6, 6.07) is 9.27. The Balaban J connectivity index is 2.10. The molecule has 2 rings (SSSR count). The van der Waals surface area contributed by atoms with Crippen LogP contribution in [0, 0.1) is 11.6 Å². The van der Waals surface area contributed by atoms with Gasteiger partial charge in [0, 0.05) is 12.1 Å². The lowest BCUT2D eigenvalue weighted by atomic mass is 10.2. The standard InChI is InChI=1S/C16H14F2N2O2/c1-21-12-5-3-11(4-6-12)9-19-20-10-14-15(17)7-13(22-2)8-16(14)18/h3-10H,1-2H3/b19-9+,20-10+. The van der Waals surface area contributed by atoms with Gasteiger partial charge in [-0.15, -0.1) is 0 Å². The molecular weight excluding hydrogens is 290 g/mol. The number of methoxy groups -OCH3 is 2. The van der Waals surface area contributed by atoms with E-state index in [9.17, 15) is 8.78 Å². The molecule has 0 amide bonds. The lowest BCUT2D eigenvalue weighted by Gasteiger charge is -2.02. The largest absolute Gasteiger partial charge is 0.497 e. The summed E-state index contributed by atoms with van der Waals surface area (Å²) in [5.74, 6) is -0.697. The fraction of sp³-hybridized carbons (Fsp3) is 0.125. The molecule has 0 spiro atoms. The molecule has 0 bridgehead atoms. The molecule has 0 saturated heterocycles. The number of ether oxygens (including phenoxy) is 2. The molecule has 0 aliphatic rings. The van der Waals surface area contributed by atoms with Crippen molar-refractivity contribution in [1.82, 2.24) is 0 Å². The van der Waals surface area contributed by atoms with Crippen LogP contribution < -0.4 is 9.47 Å². The molecule has 0 unspecified atom stereocenters. The van der Waals surface area contributed by atoms with E-state index < -0.39 is 11.6 Å². The van der Waals surface area contributed by atoms with Crippen molar-refractivity contribution in [3.8, 4) is 11.5 Å². The molecule has 0 aliphatic heterocycles. The van der Waals surface area contributed by atoms with Crippen LogP contribution in [-0.2, 0) is 0 Å². The first-order chi connectivity index (χ1) is 10.6. The highest BCUT2D eigenvalue weighted by molar-refractivity contribution is 5.83. The topological polar surface area (TPSA) is 43.2 Å². The molecule has 2 aromatic carbocycles. The highest BCUT2D eigenvalue weighted by Gasteiger charge is 2.09. The summed E-state index contributed by atoms with van der Waals surface area (Å²) in [5, 5.41) is 7.41. The molecule has 6 heteroatoms. The highest BCUT2D eigenvalue weighted by Crippen LogP contribution is 2.19. The Hall–Kier alpha value is -2.76. The maximum atomic E-state index is 13.7. The average Bonchev–Trinajstić information content (AvgIpc) is 2.53. The average molecular weight is 304 g/mol. The Morgan fingerprint density at radius 2 is 1.36 bits per heavy atom. The molecule has 0 radical (unpaired) electrons. The second-order valence-corrected chi connectivity index (χ2v) is 4.27. The van der Waals surface area contributed by atoms with Crippen molar-refractivity contribution in [1.29, 1.82) is 0 Å². The summed E-state index contributed by atoms with van der Waals surface area (Å²) < 4.78 is 37.1. The monoisotopic (exact) mass is 304 g/mol. The molecule has 0 fully saturated rings. The molecule has 4 nitrogen and oxygen atoms in total. The molecule has 0 aliphatic carbocycles. The second-order valence-electron chi connectivity index (χ2n) is 4.27. The van der Waals surface area contributed by atoms with Crippen LogP contribution in [0.25, 0.3) is 0 Å². The van der Waals surface area contributed by atoms with Crippen LogP contribution in [0.2, 0.25) is 0 Å². The molecule has 114 valence electrons. The minimum atomic E-state index is -0.764. The van der Waals surface area contributed by atoms with Crippen molar-refractivity contribution >= 4 is 12.4 Å². The van der Waals surface area contributed by atoms with Crippen molar-refractivity contribution in [3.63, 3.8) is 0 Å². The Labute approximate surface area is 126 Å². The van der Waals surface area contributed by atoms with Crippen molar-refractivity contribution in [2.24, 2.45) is 10.2 Å². The normalized spacial score (nSPS) is 11.3. The van der Waals surface area contributed by atoms with Crippen LogP contribution in [0.1, 0.15) is 11.1 Å². The highest BCUT2D eigenvalue weighted by atomic mass is 19.1. The summed E-state index contributed by atoms with van der Waals surface area (Å²) in [5.41, 5.74) is 0.515. The molecule has 0 atom stereocenters. The van der Waals surface area contributed by atoms with Gasteiger partial charge in [0.25, 0.3) is 0 Å². The van der Waals surface area contributed by atoms with Crippen LogP contribution in [-0.4, -0.2) is 26.6 Å².